The molecule has 2 N–H and O–H groups in total. The van der Waals surface area contributed by atoms with E-state index in [4.69, 9.17) is 10.3 Å². The van der Waals surface area contributed by atoms with Gasteiger partial charge in [0.15, 0.2) is 0 Å². The molecule has 0 spiro atoms. The van der Waals surface area contributed by atoms with Gasteiger partial charge in [-0.15, -0.1) is 0 Å². The van der Waals surface area contributed by atoms with Crippen LogP contribution in [0.1, 0.15) is 11.5 Å². The first kappa shape index (κ1) is 12.8. The molecule has 1 aromatic carbocycles. The van der Waals surface area contributed by atoms with Crippen molar-refractivity contribution in [1.29, 1.82) is 0 Å². The second-order valence-corrected chi connectivity index (χ2v) is 5.21. The summed E-state index contributed by atoms with van der Waals surface area (Å²) in [6.07, 6.45) is 2.27. The average molecular weight is 331 g/mol. The molecule has 0 saturated carbocycles. The summed E-state index contributed by atoms with van der Waals surface area (Å²) in [5, 5.41) is 3.94. The summed E-state index contributed by atoms with van der Waals surface area (Å²) in [4.78, 5) is 8.57. The fourth-order valence-corrected chi connectivity index (χ4v) is 1.98. The molecule has 0 radical (unpaired) electrons. The van der Waals surface area contributed by atoms with Crippen molar-refractivity contribution >= 4 is 21.6 Å². The van der Waals surface area contributed by atoms with Crippen LogP contribution in [0, 0.1) is 0 Å². The normalized spacial score (nSPS) is 10.7. The highest BCUT2D eigenvalue weighted by atomic mass is 79.9. The highest BCUT2D eigenvalue weighted by molar-refractivity contribution is 9.10. The number of pyridine rings is 1. The number of halogens is 1. The lowest BCUT2D eigenvalue weighted by Crippen LogP contribution is -1.90. The molecular weight excluding hydrogens is 320 g/mol. The first-order valence-corrected chi connectivity index (χ1v) is 6.79. The van der Waals surface area contributed by atoms with E-state index in [1.807, 2.05) is 36.4 Å². The third-order valence-corrected chi connectivity index (χ3v) is 3.23. The molecule has 0 atom stereocenters. The van der Waals surface area contributed by atoms with E-state index in [1.54, 1.807) is 6.20 Å². The summed E-state index contributed by atoms with van der Waals surface area (Å²) < 4.78 is 6.15. The molecule has 0 unspecified atom stereocenters. The van der Waals surface area contributed by atoms with Gasteiger partial charge in [0.05, 0.1) is 6.42 Å². The Bertz CT molecular complexity index is 707. The smallest absolute Gasteiger partial charge is 0.231 e. The number of nitrogens with two attached hydrogens (primary N) is 1. The van der Waals surface area contributed by atoms with Crippen LogP contribution in [-0.4, -0.2) is 15.1 Å². The van der Waals surface area contributed by atoms with Crippen LogP contribution in [-0.2, 0) is 6.42 Å². The zero-order valence-corrected chi connectivity index (χ0v) is 12.0. The maximum atomic E-state index is 5.65. The molecule has 0 bridgehead atoms. The Balaban J connectivity index is 1.80. The molecule has 100 valence electrons. The summed E-state index contributed by atoms with van der Waals surface area (Å²) in [5.41, 5.74) is 8.13. The van der Waals surface area contributed by atoms with Gasteiger partial charge in [0.2, 0.25) is 11.7 Å². The van der Waals surface area contributed by atoms with Gasteiger partial charge in [0, 0.05) is 16.4 Å². The van der Waals surface area contributed by atoms with Crippen LogP contribution in [0.25, 0.3) is 11.5 Å². The van der Waals surface area contributed by atoms with Crippen molar-refractivity contribution in [1.82, 2.24) is 15.1 Å². The van der Waals surface area contributed by atoms with Crippen molar-refractivity contribution in [2.75, 3.05) is 5.73 Å². The molecule has 0 aliphatic heterocycles. The minimum Gasteiger partial charge on any atom is -0.399 e. The van der Waals surface area contributed by atoms with Crippen LogP contribution < -0.4 is 5.73 Å². The van der Waals surface area contributed by atoms with Gasteiger partial charge in [-0.3, -0.25) is 4.98 Å². The van der Waals surface area contributed by atoms with E-state index in [0.717, 1.165) is 15.7 Å². The molecule has 0 amide bonds. The van der Waals surface area contributed by atoms with Gasteiger partial charge in [-0.05, 0) is 45.8 Å². The molecule has 2 heterocycles. The molecule has 0 aliphatic carbocycles. The first-order chi connectivity index (χ1) is 9.70. The van der Waals surface area contributed by atoms with Crippen molar-refractivity contribution in [3.05, 3.63) is 58.5 Å². The van der Waals surface area contributed by atoms with E-state index >= 15 is 0 Å². The maximum absolute atomic E-state index is 5.65. The fraction of sp³-hybridized carbons (Fsp3) is 0.0714. The topological polar surface area (TPSA) is 77.8 Å². The van der Waals surface area contributed by atoms with E-state index in [2.05, 4.69) is 31.1 Å². The Morgan fingerprint density at radius 1 is 1.10 bits per heavy atom. The fourth-order valence-electron chi connectivity index (χ4n) is 1.75. The second-order valence-electron chi connectivity index (χ2n) is 4.29. The van der Waals surface area contributed by atoms with Crippen molar-refractivity contribution in [3.8, 4) is 11.5 Å². The number of anilines is 1. The summed E-state index contributed by atoms with van der Waals surface area (Å²) in [5.74, 6) is 1.04. The molecule has 0 saturated heterocycles. The standard InChI is InChI=1S/C14H11BrN4O/c15-10-3-6-12(17-8-10)14-18-13(20-19-14)7-9-1-4-11(16)5-2-9/h1-6,8H,7,16H2. The Labute approximate surface area is 124 Å². The molecule has 3 aromatic rings. The van der Waals surface area contributed by atoms with Gasteiger partial charge in [0.25, 0.3) is 0 Å². The van der Waals surface area contributed by atoms with Gasteiger partial charge in [-0.25, -0.2) is 0 Å². The monoisotopic (exact) mass is 330 g/mol. The first-order valence-electron chi connectivity index (χ1n) is 5.99. The van der Waals surface area contributed by atoms with Crippen LogP contribution in [0.4, 0.5) is 5.69 Å². The van der Waals surface area contributed by atoms with Crippen molar-refractivity contribution in [2.45, 2.75) is 6.42 Å². The highest BCUT2D eigenvalue weighted by Gasteiger charge is 2.10. The minimum absolute atomic E-state index is 0.489. The number of hydrogen-bond donors (Lipinski definition) is 1. The number of nitrogens with zero attached hydrogens (tertiary/aromatic N) is 3. The summed E-state index contributed by atoms with van der Waals surface area (Å²) in [6.45, 7) is 0. The van der Waals surface area contributed by atoms with E-state index in [0.29, 0.717) is 23.8 Å². The number of benzene rings is 1. The van der Waals surface area contributed by atoms with Crippen molar-refractivity contribution in [2.24, 2.45) is 0 Å². The molecule has 0 fully saturated rings. The lowest BCUT2D eigenvalue weighted by Gasteiger charge is -1.97. The molecule has 5 nitrogen and oxygen atoms in total. The average Bonchev–Trinajstić information content (AvgIpc) is 2.91. The number of hydrogen-bond acceptors (Lipinski definition) is 5. The summed E-state index contributed by atoms with van der Waals surface area (Å²) in [6, 6.07) is 11.3. The quantitative estimate of drug-likeness (QED) is 0.746. The molecular formula is C14H11BrN4O. The van der Waals surface area contributed by atoms with Gasteiger partial charge < -0.3 is 10.3 Å². The molecule has 0 aliphatic rings. The lowest BCUT2D eigenvalue weighted by atomic mass is 10.1. The second kappa shape index (κ2) is 5.42. The zero-order valence-electron chi connectivity index (χ0n) is 10.5. The number of aromatic nitrogens is 3. The van der Waals surface area contributed by atoms with Crippen molar-refractivity contribution in [3.63, 3.8) is 0 Å². The van der Waals surface area contributed by atoms with Crippen LogP contribution in [0.2, 0.25) is 0 Å². The van der Waals surface area contributed by atoms with Gasteiger partial charge in [0.1, 0.15) is 5.69 Å². The summed E-state index contributed by atoms with van der Waals surface area (Å²) in [7, 11) is 0. The molecule has 2 aromatic heterocycles. The molecule has 20 heavy (non-hydrogen) atoms. The number of nitrogen functional groups attached to an aromatic ring is 1. The predicted molar refractivity (Wildman–Crippen MR) is 78.9 cm³/mol. The summed E-state index contributed by atoms with van der Waals surface area (Å²) >= 11 is 3.34. The lowest BCUT2D eigenvalue weighted by molar-refractivity contribution is 0.385. The van der Waals surface area contributed by atoms with Gasteiger partial charge >= 0.3 is 0 Å². The minimum atomic E-state index is 0.489. The highest BCUT2D eigenvalue weighted by Crippen LogP contribution is 2.17. The van der Waals surface area contributed by atoms with Gasteiger partial charge in [-0.1, -0.05) is 17.3 Å². The van der Waals surface area contributed by atoms with Crippen molar-refractivity contribution < 1.29 is 4.52 Å². The zero-order chi connectivity index (χ0) is 13.9. The number of rotatable bonds is 3. The molecule has 6 heteroatoms. The third-order valence-electron chi connectivity index (χ3n) is 2.76. The molecule has 3 rings (SSSR count). The van der Waals surface area contributed by atoms with Gasteiger partial charge in [-0.2, -0.15) is 4.98 Å². The van der Waals surface area contributed by atoms with E-state index in [-0.39, 0.29) is 0 Å². The predicted octanol–water partition coefficient (Wildman–Crippen LogP) is 3.07. The van der Waals surface area contributed by atoms with Crippen LogP contribution in [0.15, 0.2) is 51.6 Å². The third kappa shape index (κ3) is 2.85. The maximum Gasteiger partial charge on any atom is 0.231 e. The Kier molecular flexibility index (Phi) is 3.47. The van der Waals surface area contributed by atoms with Crippen LogP contribution in [0.5, 0.6) is 0 Å². The van der Waals surface area contributed by atoms with E-state index < -0.39 is 0 Å². The van der Waals surface area contributed by atoms with E-state index in [9.17, 15) is 0 Å². The SMILES string of the molecule is Nc1ccc(Cc2nc(-c3ccc(Br)cn3)no2)cc1. The largest absolute Gasteiger partial charge is 0.399 e. The van der Waals surface area contributed by atoms with Crippen LogP contribution >= 0.6 is 15.9 Å². The Morgan fingerprint density at radius 2 is 1.90 bits per heavy atom. The van der Waals surface area contributed by atoms with Crippen LogP contribution in [0.3, 0.4) is 0 Å². The Hall–Kier alpha value is -2.21. The Morgan fingerprint density at radius 3 is 2.60 bits per heavy atom. The van der Waals surface area contributed by atoms with E-state index in [1.165, 1.54) is 0 Å².